The van der Waals surface area contributed by atoms with Crippen molar-refractivity contribution in [1.82, 2.24) is 9.80 Å². The highest BCUT2D eigenvalue weighted by Crippen LogP contribution is 2.39. The number of benzene rings is 1. The molecule has 0 radical (unpaired) electrons. The van der Waals surface area contributed by atoms with Crippen LogP contribution in [0.5, 0.6) is 11.5 Å². The highest BCUT2D eigenvalue weighted by molar-refractivity contribution is 5.76. The minimum atomic E-state index is 0.311. The number of ether oxygens (including phenoxy) is 2. The molecule has 2 heterocycles. The first-order chi connectivity index (χ1) is 12.9. The predicted octanol–water partition coefficient (Wildman–Crippen LogP) is 3.66. The molecule has 2 aliphatic rings. The quantitative estimate of drug-likeness (QED) is 0.789. The van der Waals surface area contributed by atoms with Crippen LogP contribution in [0.1, 0.15) is 57.2 Å². The van der Waals surface area contributed by atoms with E-state index in [1.165, 1.54) is 17.5 Å². The molecule has 0 spiro atoms. The van der Waals surface area contributed by atoms with Crippen LogP contribution in [0.3, 0.4) is 0 Å². The van der Waals surface area contributed by atoms with Crippen LogP contribution in [-0.2, 0) is 11.2 Å². The van der Waals surface area contributed by atoms with Gasteiger partial charge in [-0.05, 0) is 55.4 Å². The Morgan fingerprint density at radius 1 is 1.19 bits per heavy atom. The molecule has 0 aromatic heterocycles. The molecule has 1 amide bonds. The zero-order valence-electron chi connectivity index (χ0n) is 17.5. The minimum Gasteiger partial charge on any atom is -0.493 e. The van der Waals surface area contributed by atoms with E-state index < -0.39 is 0 Å². The number of carbonyl (C=O) groups excluding carboxylic acids is 1. The molecule has 0 N–H and O–H groups in total. The number of nitrogens with zero attached hydrogens (tertiary/aromatic N) is 2. The number of fused-ring (bicyclic) bond motifs is 1. The number of hydrogen-bond acceptors (Lipinski definition) is 4. The van der Waals surface area contributed by atoms with Crippen LogP contribution in [0, 0.1) is 5.92 Å². The maximum Gasteiger partial charge on any atom is 0.222 e. The van der Waals surface area contributed by atoms with Gasteiger partial charge in [0.1, 0.15) is 0 Å². The van der Waals surface area contributed by atoms with Gasteiger partial charge in [0.25, 0.3) is 0 Å². The average molecular weight is 375 g/mol. The molecule has 0 aliphatic carbocycles. The molecule has 2 atom stereocenters. The summed E-state index contributed by atoms with van der Waals surface area (Å²) in [5, 5.41) is 0. The number of carbonyl (C=O) groups is 1. The number of rotatable bonds is 5. The van der Waals surface area contributed by atoms with Crippen LogP contribution >= 0.6 is 0 Å². The second-order valence-electron chi connectivity index (χ2n) is 8.30. The van der Waals surface area contributed by atoms with E-state index >= 15 is 0 Å². The first kappa shape index (κ1) is 20.0. The first-order valence-electron chi connectivity index (χ1n) is 10.2. The van der Waals surface area contributed by atoms with Crippen molar-refractivity contribution in [3.8, 4) is 11.5 Å². The van der Waals surface area contributed by atoms with E-state index in [0.29, 0.717) is 30.3 Å². The minimum absolute atomic E-state index is 0.311. The van der Waals surface area contributed by atoms with Gasteiger partial charge < -0.3 is 14.4 Å². The van der Waals surface area contributed by atoms with Crippen LogP contribution < -0.4 is 9.47 Å². The van der Waals surface area contributed by atoms with E-state index in [-0.39, 0.29) is 0 Å². The molecule has 27 heavy (non-hydrogen) atoms. The molecule has 2 aliphatic heterocycles. The van der Waals surface area contributed by atoms with Crippen LogP contribution in [0.4, 0.5) is 0 Å². The van der Waals surface area contributed by atoms with Gasteiger partial charge in [-0.3, -0.25) is 9.69 Å². The smallest absolute Gasteiger partial charge is 0.222 e. The van der Waals surface area contributed by atoms with Gasteiger partial charge >= 0.3 is 0 Å². The summed E-state index contributed by atoms with van der Waals surface area (Å²) >= 11 is 0. The van der Waals surface area contributed by atoms with Gasteiger partial charge in [-0.15, -0.1) is 0 Å². The van der Waals surface area contributed by atoms with E-state index in [1.54, 1.807) is 14.2 Å². The average Bonchev–Trinajstić information content (AvgIpc) is 2.67. The summed E-state index contributed by atoms with van der Waals surface area (Å²) in [6.45, 7) is 9.30. The molecule has 1 aromatic rings. The molecule has 1 saturated heterocycles. The number of amides is 1. The van der Waals surface area contributed by atoms with Gasteiger partial charge in [0.15, 0.2) is 11.5 Å². The van der Waals surface area contributed by atoms with Crippen molar-refractivity contribution in [3.63, 3.8) is 0 Å². The lowest BCUT2D eigenvalue weighted by Crippen LogP contribution is -2.52. The summed E-state index contributed by atoms with van der Waals surface area (Å²) in [7, 11) is 3.38. The van der Waals surface area contributed by atoms with Crippen molar-refractivity contribution in [1.29, 1.82) is 0 Å². The van der Waals surface area contributed by atoms with Crippen molar-refractivity contribution in [2.24, 2.45) is 5.92 Å². The van der Waals surface area contributed by atoms with Gasteiger partial charge in [0.2, 0.25) is 5.91 Å². The summed E-state index contributed by atoms with van der Waals surface area (Å²) in [5.41, 5.74) is 2.67. The van der Waals surface area contributed by atoms with Crippen LogP contribution in [0.15, 0.2) is 12.1 Å². The first-order valence-corrected chi connectivity index (χ1v) is 10.2. The predicted molar refractivity (Wildman–Crippen MR) is 107 cm³/mol. The van der Waals surface area contributed by atoms with Gasteiger partial charge in [-0.1, -0.05) is 13.8 Å². The Balaban J connectivity index is 1.76. The zero-order chi connectivity index (χ0) is 19.6. The van der Waals surface area contributed by atoms with Gasteiger partial charge in [0, 0.05) is 38.1 Å². The highest BCUT2D eigenvalue weighted by atomic mass is 16.5. The molecule has 150 valence electrons. The molecule has 5 heteroatoms. The molecule has 3 rings (SSSR count). The molecule has 0 saturated carbocycles. The number of methoxy groups -OCH3 is 2. The van der Waals surface area contributed by atoms with E-state index in [0.717, 1.165) is 44.0 Å². The Morgan fingerprint density at radius 3 is 2.56 bits per heavy atom. The Morgan fingerprint density at radius 2 is 1.89 bits per heavy atom. The molecule has 1 aromatic carbocycles. The largest absolute Gasteiger partial charge is 0.493 e. The van der Waals surface area contributed by atoms with Crippen LogP contribution in [0.25, 0.3) is 0 Å². The van der Waals surface area contributed by atoms with Crippen LogP contribution in [-0.4, -0.2) is 55.6 Å². The van der Waals surface area contributed by atoms with E-state index in [9.17, 15) is 4.79 Å². The van der Waals surface area contributed by atoms with Crippen molar-refractivity contribution < 1.29 is 14.3 Å². The van der Waals surface area contributed by atoms with Crippen molar-refractivity contribution >= 4 is 5.91 Å². The monoisotopic (exact) mass is 374 g/mol. The van der Waals surface area contributed by atoms with Gasteiger partial charge in [-0.25, -0.2) is 0 Å². The Labute approximate surface area is 163 Å². The van der Waals surface area contributed by atoms with Crippen molar-refractivity contribution in [2.45, 2.75) is 58.5 Å². The molecule has 1 fully saturated rings. The van der Waals surface area contributed by atoms with Crippen molar-refractivity contribution in [2.75, 3.05) is 33.9 Å². The normalized spacial score (nSPS) is 23.3. The Kier molecular flexibility index (Phi) is 6.30. The standard InChI is InChI=1S/C22H34N2O3/c1-15(2)11-22(25)23-9-6-7-18(14-23)24-10-8-17-12-20(26-4)21(27-5)13-19(17)16(24)3/h12-13,15-16,18H,6-11,14H2,1-5H3. The third-order valence-corrected chi connectivity index (χ3v) is 6.03. The number of hydrogen-bond donors (Lipinski definition) is 0. The summed E-state index contributed by atoms with van der Waals surface area (Å²) in [4.78, 5) is 17.2. The van der Waals surface area contributed by atoms with Crippen molar-refractivity contribution in [3.05, 3.63) is 23.3 Å². The Bertz CT molecular complexity index is 674. The van der Waals surface area contributed by atoms with Gasteiger partial charge in [-0.2, -0.15) is 0 Å². The second-order valence-corrected chi connectivity index (χ2v) is 8.30. The molecule has 2 unspecified atom stereocenters. The Hall–Kier alpha value is -1.75. The number of piperidine rings is 1. The molecule has 5 nitrogen and oxygen atoms in total. The fourth-order valence-corrected chi connectivity index (χ4v) is 4.59. The maximum atomic E-state index is 12.5. The van der Waals surface area contributed by atoms with E-state index in [4.69, 9.17) is 9.47 Å². The molecular formula is C22H34N2O3. The third kappa shape index (κ3) is 4.23. The van der Waals surface area contributed by atoms with E-state index in [1.807, 2.05) is 0 Å². The van der Waals surface area contributed by atoms with Gasteiger partial charge in [0.05, 0.1) is 14.2 Å². The lowest BCUT2D eigenvalue weighted by Gasteiger charge is -2.45. The maximum absolute atomic E-state index is 12.5. The van der Waals surface area contributed by atoms with E-state index in [2.05, 4.69) is 42.7 Å². The molecular weight excluding hydrogens is 340 g/mol. The fourth-order valence-electron chi connectivity index (χ4n) is 4.59. The SMILES string of the molecule is COc1cc2c(cc1OC)C(C)N(C1CCCN(C(=O)CC(C)C)C1)CC2. The zero-order valence-corrected chi connectivity index (χ0v) is 17.5. The van der Waals surface area contributed by atoms with Crippen LogP contribution in [0.2, 0.25) is 0 Å². The number of likely N-dealkylation sites (tertiary alicyclic amines) is 1. The lowest BCUT2D eigenvalue weighted by atomic mass is 9.90. The lowest BCUT2D eigenvalue weighted by molar-refractivity contribution is -0.134. The summed E-state index contributed by atoms with van der Waals surface area (Å²) in [6.07, 6.45) is 3.92. The molecule has 0 bridgehead atoms. The second kappa shape index (κ2) is 8.51. The highest BCUT2D eigenvalue weighted by Gasteiger charge is 2.34. The summed E-state index contributed by atoms with van der Waals surface area (Å²) in [6, 6.07) is 5.02. The fraction of sp³-hybridized carbons (Fsp3) is 0.682. The summed E-state index contributed by atoms with van der Waals surface area (Å²) < 4.78 is 11.0. The summed E-state index contributed by atoms with van der Waals surface area (Å²) in [5.74, 6) is 2.33. The third-order valence-electron chi connectivity index (χ3n) is 6.03. The topological polar surface area (TPSA) is 42.0 Å².